The fourth-order valence-corrected chi connectivity index (χ4v) is 7.01. The lowest BCUT2D eigenvalue weighted by Gasteiger charge is -2.36. The van der Waals surface area contributed by atoms with Crippen molar-refractivity contribution in [3.63, 3.8) is 0 Å². The fraction of sp³-hybridized carbons (Fsp3) is 0.357. The predicted octanol–water partition coefficient (Wildman–Crippen LogP) is 5.67. The van der Waals surface area contributed by atoms with Crippen LogP contribution in [0.5, 0.6) is 0 Å². The second kappa shape index (κ2) is 6.26. The number of alkyl halides is 3. The van der Waals surface area contributed by atoms with Crippen molar-refractivity contribution >= 4 is 0 Å². The van der Waals surface area contributed by atoms with Crippen LogP contribution < -0.4 is 5.32 Å². The number of benzene rings is 3. The molecule has 3 aromatic rings. The third-order valence-corrected chi connectivity index (χ3v) is 8.41. The summed E-state index contributed by atoms with van der Waals surface area (Å²) in [5.41, 5.74) is 5.30. The molecule has 0 aromatic heterocycles. The molecule has 32 heavy (non-hydrogen) atoms. The van der Waals surface area contributed by atoms with E-state index in [4.69, 9.17) is 0 Å². The zero-order valence-electron chi connectivity index (χ0n) is 18.3. The third kappa shape index (κ3) is 2.68. The van der Waals surface area contributed by atoms with Gasteiger partial charge < -0.3 is 5.32 Å². The topological polar surface area (TPSA) is 16.6 Å². The number of halogens is 3. The van der Waals surface area contributed by atoms with E-state index in [9.17, 15) is 13.2 Å². The van der Waals surface area contributed by atoms with Crippen molar-refractivity contribution in [3.8, 4) is 0 Å². The quantitative estimate of drug-likeness (QED) is 0.536. The molecule has 2 aliphatic heterocycles. The Morgan fingerprint density at radius 3 is 2.12 bits per heavy atom. The molecule has 3 aliphatic rings. The highest BCUT2D eigenvalue weighted by molar-refractivity contribution is 5.54. The molecule has 4 unspecified atom stereocenters. The van der Waals surface area contributed by atoms with Gasteiger partial charge in [-0.1, -0.05) is 66.7 Å². The van der Waals surface area contributed by atoms with E-state index in [1.165, 1.54) is 34.4 Å². The molecule has 2 heterocycles. The molecule has 2 bridgehead atoms. The standard InChI is InChI=1S/C28H26F3N/c1-25-16-20-17-27(20,15-18-8-7-9-19(14-18)28(29,30)31)24-13-6-5-12-23(24)26(2,32-25)22-11-4-3-10-21(22)25/h3-14,20,32H,15-17H2,1-2H3/p+1. The Hall–Kier alpha value is -2.59. The molecular weight excluding hydrogens is 407 g/mol. The first-order valence-corrected chi connectivity index (χ1v) is 11.4. The van der Waals surface area contributed by atoms with Gasteiger partial charge in [-0.05, 0) is 49.8 Å². The molecule has 4 atom stereocenters. The van der Waals surface area contributed by atoms with E-state index in [2.05, 4.69) is 67.7 Å². The molecule has 4 heteroatoms. The Morgan fingerprint density at radius 1 is 0.812 bits per heavy atom. The van der Waals surface area contributed by atoms with Crippen LogP contribution in [0.25, 0.3) is 0 Å². The van der Waals surface area contributed by atoms with Gasteiger partial charge in [0, 0.05) is 28.5 Å². The van der Waals surface area contributed by atoms with Crippen LogP contribution in [-0.4, -0.2) is 0 Å². The first kappa shape index (κ1) is 20.0. The van der Waals surface area contributed by atoms with Gasteiger partial charge in [0.1, 0.15) is 11.1 Å². The van der Waals surface area contributed by atoms with Gasteiger partial charge in [0.05, 0.1) is 5.56 Å². The van der Waals surface area contributed by atoms with Gasteiger partial charge in [0.2, 0.25) is 0 Å². The lowest BCUT2D eigenvalue weighted by molar-refractivity contribution is -0.783. The highest BCUT2D eigenvalue weighted by Crippen LogP contribution is 2.63. The average molecular weight is 435 g/mol. The Morgan fingerprint density at radius 2 is 1.44 bits per heavy atom. The predicted molar refractivity (Wildman–Crippen MR) is 118 cm³/mol. The molecule has 1 aliphatic carbocycles. The molecular formula is C28H27F3N+. The van der Waals surface area contributed by atoms with Crippen molar-refractivity contribution in [1.82, 2.24) is 0 Å². The molecule has 164 valence electrons. The highest BCUT2D eigenvalue weighted by atomic mass is 19.4. The smallest absolute Gasteiger partial charge is 0.326 e. The SMILES string of the molecule is CC12CC3CC3(Cc3cccc(C(F)(F)F)c3)c3ccccc3C(C)([NH2+]1)c1ccccc12. The van der Waals surface area contributed by atoms with E-state index in [1.807, 2.05) is 6.07 Å². The number of fused-ring (bicyclic) bond motifs is 9. The van der Waals surface area contributed by atoms with Gasteiger partial charge in [0.15, 0.2) is 0 Å². The van der Waals surface area contributed by atoms with E-state index < -0.39 is 11.7 Å². The van der Waals surface area contributed by atoms with E-state index in [1.54, 1.807) is 6.07 Å². The van der Waals surface area contributed by atoms with Gasteiger partial charge in [0.25, 0.3) is 0 Å². The zero-order valence-corrected chi connectivity index (χ0v) is 18.3. The van der Waals surface area contributed by atoms with Crippen molar-refractivity contribution in [2.24, 2.45) is 5.92 Å². The van der Waals surface area contributed by atoms with Crippen molar-refractivity contribution in [2.45, 2.75) is 55.8 Å². The van der Waals surface area contributed by atoms with Gasteiger partial charge in [-0.2, -0.15) is 13.2 Å². The van der Waals surface area contributed by atoms with Gasteiger partial charge in [-0.3, -0.25) is 0 Å². The van der Waals surface area contributed by atoms with Crippen LogP contribution in [0.1, 0.15) is 60.1 Å². The Bertz CT molecular complexity index is 1230. The largest absolute Gasteiger partial charge is 0.416 e. The molecule has 0 radical (unpaired) electrons. The highest BCUT2D eigenvalue weighted by Gasteiger charge is 2.65. The van der Waals surface area contributed by atoms with Crippen LogP contribution in [0.15, 0.2) is 72.8 Å². The monoisotopic (exact) mass is 434 g/mol. The maximum absolute atomic E-state index is 13.4. The van der Waals surface area contributed by atoms with Crippen molar-refractivity contribution in [1.29, 1.82) is 0 Å². The van der Waals surface area contributed by atoms with E-state index >= 15 is 0 Å². The minimum absolute atomic E-state index is 0.0287. The second-order valence-electron chi connectivity index (χ2n) is 10.5. The molecule has 6 rings (SSSR count). The van der Waals surface area contributed by atoms with Crippen molar-refractivity contribution in [2.75, 3.05) is 0 Å². The summed E-state index contributed by atoms with van der Waals surface area (Å²) in [5.74, 6) is 0.454. The van der Waals surface area contributed by atoms with Crippen LogP contribution in [0, 0.1) is 5.92 Å². The van der Waals surface area contributed by atoms with Crippen LogP contribution in [-0.2, 0) is 29.1 Å². The van der Waals surface area contributed by atoms with Crippen LogP contribution in [0.3, 0.4) is 0 Å². The van der Waals surface area contributed by atoms with Crippen LogP contribution in [0.2, 0.25) is 0 Å². The normalized spacial score (nSPS) is 32.3. The Balaban J connectivity index is 1.51. The molecule has 1 fully saturated rings. The van der Waals surface area contributed by atoms with Gasteiger partial charge in [-0.25, -0.2) is 0 Å². The summed E-state index contributed by atoms with van der Waals surface area (Å²) in [6.45, 7) is 4.66. The minimum atomic E-state index is -4.31. The fourth-order valence-electron chi connectivity index (χ4n) is 7.01. The van der Waals surface area contributed by atoms with Gasteiger partial charge in [-0.15, -0.1) is 0 Å². The van der Waals surface area contributed by atoms with Crippen molar-refractivity contribution < 1.29 is 18.5 Å². The number of hydrogen-bond acceptors (Lipinski definition) is 0. The molecule has 0 saturated heterocycles. The summed E-state index contributed by atoms with van der Waals surface area (Å²) >= 11 is 0. The van der Waals surface area contributed by atoms with Crippen LogP contribution in [0.4, 0.5) is 13.2 Å². The molecule has 2 N–H and O–H groups in total. The zero-order chi connectivity index (χ0) is 22.4. The first-order chi connectivity index (χ1) is 15.2. The first-order valence-electron chi connectivity index (χ1n) is 11.4. The molecule has 0 amide bonds. The van der Waals surface area contributed by atoms with E-state index in [-0.39, 0.29) is 16.5 Å². The summed E-state index contributed by atoms with van der Waals surface area (Å²) in [6, 6.07) is 23.4. The number of quaternary nitrogens is 1. The number of rotatable bonds is 2. The summed E-state index contributed by atoms with van der Waals surface area (Å²) in [6.07, 6.45) is -1.60. The van der Waals surface area contributed by atoms with Gasteiger partial charge >= 0.3 is 6.18 Å². The Kier molecular flexibility index (Phi) is 3.92. The lowest BCUT2D eigenvalue weighted by atomic mass is 9.75. The lowest BCUT2D eigenvalue weighted by Crippen LogP contribution is -2.99. The maximum atomic E-state index is 13.4. The van der Waals surface area contributed by atoms with Crippen LogP contribution >= 0.6 is 0 Å². The maximum Gasteiger partial charge on any atom is 0.416 e. The van der Waals surface area contributed by atoms with E-state index in [0.717, 1.165) is 18.4 Å². The number of hydrogen-bond donors (Lipinski definition) is 1. The third-order valence-electron chi connectivity index (χ3n) is 8.41. The molecule has 1 saturated carbocycles. The molecule has 3 aromatic carbocycles. The summed E-state index contributed by atoms with van der Waals surface area (Å²) in [7, 11) is 0. The Labute approximate surface area is 186 Å². The minimum Gasteiger partial charge on any atom is -0.326 e. The molecule has 1 nitrogen and oxygen atoms in total. The molecule has 0 spiro atoms. The summed E-state index contributed by atoms with van der Waals surface area (Å²) in [4.78, 5) is 0. The van der Waals surface area contributed by atoms with Crippen molar-refractivity contribution in [3.05, 3.63) is 106 Å². The number of nitrogens with two attached hydrogens (primary N) is 1. The second-order valence-corrected chi connectivity index (χ2v) is 10.5. The average Bonchev–Trinajstić information content (AvgIpc) is 3.37. The summed E-state index contributed by atoms with van der Waals surface area (Å²) < 4.78 is 40.1. The van der Waals surface area contributed by atoms with E-state index in [0.29, 0.717) is 12.3 Å². The summed E-state index contributed by atoms with van der Waals surface area (Å²) in [5, 5.41) is 2.54.